The molecule has 22 heavy (non-hydrogen) atoms. The molecule has 1 amide bonds. The van der Waals surface area contributed by atoms with Gasteiger partial charge in [0, 0.05) is 19.2 Å². The van der Waals surface area contributed by atoms with Gasteiger partial charge in [-0.15, -0.1) is 0 Å². The molecule has 3 atom stereocenters. The number of carbonyl (C=O) groups excluding carboxylic acids is 1. The number of aliphatic hydroxyl groups is 1. The zero-order chi connectivity index (χ0) is 16.1. The number of nitrogens with two attached hydrogens (primary N) is 1. The van der Waals surface area contributed by atoms with Crippen molar-refractivity contribution in [1.82, 2.24) is 9.55 Å². The van der Waals surface area contributed by atoms with Crippen molar-refractivity contribution in [3.63, 3.8) is 0 Å². The van der Waals surface area contributed by atoms with Gasteiger partial charge in [0.15, 0.2) is 6.23 Å². The van der Waals surface area contributed by atoms with Crippen LogP contribution in [-0.4, -0.2) is 39.8 Å². The number of ether oxygens (including phenoxy) is 1. The molecule has 1 aromatic heterocycles. The van der Waals surface area contributed by atoms with Gasteiger partial charge >= 0.3 is 5.69 Å². The third-order valence-electron chi connectivity index (χ3n) is 3.31. The summed E-state index contributed by atoms with van der Waals surface area (Å²) in [5.41, 5.74) is 4.62. The number of nitriles is 1. The summed E-state index contributed by atoms with van der Waals surface area (Å²) in [6.45, 7) is -0.0186. The number of nitrogens with zero attached hydrogens (tertiary/aromatic N) is 3. The smallest absolute Gasteiger partial charge is 0.351 e. The molecule has 9 nitrogen and oxygen atoms in total. The Bertz CT molecular complexity index is 638. The first-order chi connectivity index (χ1) is 10.6. The molecule has 9 heteroatoms. The summed E-state index contributed by atoms with van der Waals surface area (Å²) < 4.78 is 6.67. The number of rotatable bonds is 5. The van der Waals surface area contributed by atoms with Crippen LogP contribution in [0.2, 0.25) is 0 Å². The molecule has 0 saturated carbocycles. The molecule has 1 saturated heterocycles. The molecule has 1 aliphatic heterocycles. The minimum Gasteiger partial charge on any atom is -0.394 e. The van der Waals surface area contributed by atoms with E-state index >= 15 is 0 Å². The highest BCUT2D eigenvalue weighted by Crippen LogP contribution is 2.32. The Hall–Kier alpha value is -2.28. The minimum atomic E-state index is -0.795. The van der Waals surface area contributed by atoms with Gasteiger partial charge in [-0.3, -0.25) is 9.36 Å². The predicted molar refractivity (Wildman–Crippen MR) is 75.5 cm³/mol. The first-order valence-electron chi connectivity index (χ1n) is 6.84. The number of nitrogens with one attached hydrogen (secondary N) is 1. The van der Waals surface area contributed by atoms with Crippen molar-refractivity contribution in [3.05, 3.63) is 22.7 Å². The van der Waals surface area contributed by atoms with E-state index in [2.05, 4.69) is 16.4 Å². The number of hydrogen-bond donors (Lipinski definition) is 3. The standard InChI is InChI=1S/C13H17N5O4/c14-3-1-11(20)16-10-2-4-18(13(21)17-10)12-8(6-15)5-9(7-19)22-12/h2,4,8-9,12,19H,1,3,5,7,14H2,(H,16,17,20,21). The van der Waals surface area contributed by atoms with Crippen molar-refractivity contribution in [3.8, 4) is 6.07 Å². The average molecular weight is 307 g/mol. The minimum absolute atomic E-state index is 0.116. The number of amides is 1. The summed E-state index contributed by atoms with van der Waals surface area (Å²) >= 11 is 0. The van der Waals surface area contributed by atoms with Crippen LogP contribution in [0.15, 0.2) is 17.1 Å². The highest BCUT2D eigenvalue weighted by atomic mass is 16.5. The Balaban J connectivity index is 2.18. The van der Waals surface area contributed by atoms with Crippen LogP contribution in [0.1, 0.15) is 19.1 Å². The van der Waals surface area contributed by atoms with Crippen molar-refractivity contribution in [2.75, 3.05) is 18.5 Å². The maximum Gasteiger partial charge on any atom is 0.351 e. The van der Waals surface area contributed by atoms with E-state index in [1.54, 1.807) is 0 Å². The summed E-state index contributed by atoms with van der Waals surface area (Å²) in [6, 6.07) is 3.50. The molecule has 0 aliphatic carbocycles. The monoisotopic (exact) mass is 307 g/mol. The summed E-state index contributed by atoms with van der Waals surface area (Å²) in [7, 11) is 0. The zero-order valence-electron chi connectivity index (χ0n) is 11.8. The van der Waals surface area contributed by atoms with Crippen LogP contribution in [0.25, 0.3) is 0 Å². The van der Waals surface area contributed by atoms with Crippen molar-refractivity contribution in [1.29, 1.82) is 5.26 Å². The number of aromatic nitrogens is 2. The summed E-state index contributed by atoms with van der Waals surface area (Å²) in [6.07, 6.45) is 0.605. The van der Waals surface area contributed by atoms with E-state index in [0.717, 1.165) is 0 Å². The Morgan fingerprint density at radius 3 is 3.05 bits per heavy atom. The SMILES string of the molecule is N#CC1CC(CO)OC1n1ccc(NC(=O)CCN)nc1=O. The van der Waals surface area contributed by atoms with Gasteiger partial charge in [0.1, 0.15) is 5.82 Å². The fourth-order valence-corrected chi connectivity index (χ4v) is 2.25. The molecular formula is C13H17N5O4. The van der Waals surface area contributed by atoms with Gasteiger partial charge in [-0.05, 0) is 12.5 Å². The lowest BCUT2D eigenvalue weighted by atomic mass is 10.1. The lowest BCUT2D eigenvalue weighted by Crippen LogP contribution is -2.30. The molecule has 0 spiro atoms. The third-order valence-corrected chi connectivity index (χ3v) is 3.31. The van der Waals surface area contributed by atoms with Gasteiger partial charge in [0.05, 0.1) is 24.7 Å². The van der Waals surface area contributed by atoms with E-state index in [9.17, 15) is 9.59 Å². The topological polar surface area (TPSA) is 143 Å². The summed E-state index contributed by atoms with van der Waals surface area (Å²) in [4.78, 5) is 27.2. The van der Waals surface area contributed by atoms with E-state index < -0.39 is 23.9 Å². The first-order valence-corrected chi connectivity index (χ1v) is 6.84. The number of anilines is 1. The Morgan fingerprint density at radius 2 is 2.45 bits per heavy atom. The van der Waals surface area contributed by atoms with Gasteiger partial charge in [-0.25, -0.2) is 4.79 Å². The molecule has 118 valence electrons. The second-order valence-electron chi connectivity index (χ2n) is 4.89. The Kier molecular flexibility index (Phi) is 5.21. The van der Waals surface area contributed by atoms with Crippen molar-refractivity contribution in [2.24, 2.45) is 11.7 Å². The van der Waals surface area contributed by atoms with E-state index in [0.29, 0.717) is 6.42 Å². The van der Waals surface area contributed by atoms with E-state index in [-0.39, 0.29) is 31.3 Å². The summed E-state index contributed by atoms with van der Waals surface area (Å²) in [5, 5.41) is 20.7. The van der Waals surface area contributed by atoms with Crippen LogP contribution >= 0.6 is 0 Å². The number of aliphatic hydroxyl groups excluding tert-OH is 1. The molecule has 3 unspecified atom stereocenters. The van der Waals surface area contributed by atoms with Crippen LogP contribution in [0.3, 0.4) is 0 Å². The lowest BCUT2D eigenvalue weighted by Gasteiger charge is -2.16. The normalized spacial score (nSPS) is 24.0. The fourth-order valence-electron chi connectivity index (χ4n) is 2.25. The molecule has 0 radical (unpaired) electrons. The van der Waals surface area contributed by atoms with Gasteiger partial charge in [0.25, 0.3) is 0 Å². The molecule has 1 aliphatic rings. The van der Waals surface area contributed by atoms with Crippen LogP contribution < -0.4 is 16.7 Å². The fraction of sp³-hybridized carbons (Fsp3) is 0.538. The Labute approximate surface area is 126 Å². The maximum atomic E-state index is 12.0. The van der Waals surface area contributed by atoms with Crippen LogP contribution in [0.4, 0.5) is 5.82 Å². The quantitative estimate of drug-likeness (QED) is 0.629. The average Bonchev–Trinajstić information content (AvgIpc) is 2.90. The van der Waals surface area contributed by atoms with Crippen molar-refractivity contribution < 1.29 is 14.6 Å². The molecule has 4 N–H and O–H groups in total. The largest absolute Gasteiger partial charge is 0.394 e. The van der Waals surface area contributed by atoms with Crippen LogP contribution in [0, 0.1) is 17.2 Å². The molecule has 1 aromatic rings. The molecule has 1 fully saturated rings. The van der Waals surface area contributed by atoms with Gasteiger partial charge in [-0.2, -0.15) is 10.2 Å². The number of carbonyl (C=O) groups is 1. The summed E-state index contributed by atoms with van der Waals surface area (Å²) in [5.74, 6) is -0.765. The van der Waals surface area contributed by atoms with Crippen molar-refractivity contribution in [2.45, 2.75) is 25.2 Å². The molecular weight excluding hydrogens is 290 g/mol. The highest BCUT2D eigenvalue weighted by molar-refractivity contribution is 5.89. The van der Waals surface area contributed by atoms with Crippen molar-refractivity contribution >= 4 is 11.7 Å². The molecule has 0 bridgehead atoms. The zero-order valence-corrected chi connectivity index (χ0v) is 11.8. The third kappa shape index (κ3) is 3.48. The molecule has 0 aromatic carbocycles. The maximum absolute atomic E-state index is 12.0. The van der Waals surface area contributed by atoms with E-state index in [1.165, 1.54) is 16.8 Å². The van der Waals surface area contributed by atoms with Crippen LogP contribution in [-0.2, 0) is 9.53 Å². The first kappa shape index (κ1) is 16.1. The van der Waals surface area contributed by atoms with Gasteiger partial charge in [-0.1, -0.05) is 0 Å². The lowest BCUT2D eigenvalue weighted by molar-refractivity contribution is -0.116. The van der Waals surface area contributed by atoms with Gasteiger partial charge < -0.3 is 20.9 Å². The highest BCUT2D eigenvalue weighted by Gasteiger charge is 2.36. The predicted octanol–water partition coefficient (Wildman–Crippen LogP) is -1.05. The van der Waals surface area contributed by atoms with Crippen LogP contribution in [0.5, 0.6) is 0 Å². The van der Waals surface area contributed by atoms with Gasteiger partial charge in [0.2, 0.25) is 5.91 Å². The van der Waals surface area contributed by atoms with E-state index in [1.807, 2.05) is 0 Å². The Morgan fingerprint density at radius 1 is 1.68 bits per heavy atom. The second-order valence-corrected chi connectivity index (χ2v) is 4.89. The second kappa shape index (κ2) is 7.13. The van der Waals surface area contributed by atoms with E-state index in [4.69, 9.17) is 20.8 Å². The molecule has 2 heterocycles. The number of hydrogen-bond acceptors (Lipinski definition) is 7. The molecule has 2 rings (SSSR count).